The van der Waals surface area contributed by atoms with Crippen LogP contribution in [0.5, 0.6) is 0 Å². The number of hydrogen-bond donors (Lipinski definition) is 2. The smallest absolute Gasteiger partial charge is 0.360 e. The van der Waals surface area contributed by atoms with Gasteiger partial charge in [0, 0.05) is 29.1 Å². The number of benzene rings is 1. The zero-order valence-electron chi connectivity index (χ0n) is 21.5. The molecule has 4 aliphatic rings. The second-order valence-electron chi connectivity index (χ2n) is 11.7. The normalized spacial score (nSPS) is 28.4. The monoisotopic (exact) mass is 562 g/mol. The molecular formula is C25H34ClF3N4O3S. The van der Waals surface area contributed by atoms with Crippen molar-refractivity contribution in [3.63, 3.8) is 0 Å². The van der Waals surface area contributed by atoms with E-state index in [1.54, 1.807) is 30.3 Å². The van der Waals surface area contributed by atoms with Crippen LogP contribution in [0.3, 0.4) is 0 Å². The van der Waals surface area contributed by atoms with Gasteiger partial charge in [0.25, 0.3) is 0 Å². The van der Waals surface area contributed by atoms with E-state index in [4.69, 9.17) is 16.6 Å². The summed E-state index contributed by atoms with van der Waals surface area (Å²) in [5.41, 5.74) is -0.866. The fourth-order valence-corrected chi connectivity index (χ4v) is 8.14. The van der Waals surface area contributed by atoms with Gasteiger partial charge in [-0.25, -0.2) is 8.42 Å². The van der Waals surface area contributed by atoms with E-state index in [2.05, 4.69) is 10.6 Å². The van der Waals surface area contributed by atoms with Crippen LogP contribution in [0, 0.1) is 11.3 Å². The second-order valence-corrected chi connectivity index (χ2v) is 14.1. The lowest BCUT2D eigenvalue weighted by molar-refractivity contribution is -0.151. The number of sulfonamides is 1. The Balaban J connectivity index is 1.46. The number of hydrogen-bond acceptors (Lipinski definition) is 5. The van der Waals surface area contributed by atoms with Crippen molar-refractivity contribution in [2.75, 3.05) is 12.3 Å². The van der Waals surface area contributed by atoms with E-state index in [9.17, 15) is 26.4 Å². The van der Waals surface area contributed by atoms with Gasteiger partial charge in [-0.05, 0) is 56.7 Å². The van der Waals surface area contributed by atoms with Crippen molar-refractivity contribution in [1.29, 1.82) is 0 Å². The van der Waals surface area contributed by atoms with Gasteiger partial charge in [-0.15, -0.1) is 0 Å². The molecule has 1 atom stereocenters. The van der Waals surface area contributed by atoms with E-state index in [0.717, 1.165) is 5.56 Å². The van der Waals surface area contributed by atoms with Crippen molar-refractivity contribution in [3.05, 3.63) is 34.9 Å². The van der Waals surface area contributed by atoms with Crippen LogP contribution in [0.25, 0.3) is 0 Å². The quantitative estimate of drug-likeness (QED) is 0.446. The van der Waals surface area contributed by atoms with E-state index >= 15 is 0 Å². The topological polar surface area (TPSA) is 90.9 Å². The van der Waals surface area contributed by atoms with Crippen molar-refractivity contribution in [1.82, 2.24) is 14.9 Å². The van der Waals surface area contributed by atoms with Crippen LogP contribution in [0.4, 0.5) is 13.2 Å². The molecule has 206 valence electrons. The van der Waals surface area contributed by atoms with E-state index in [-0.39, 0.29) is 23.6 Å². The Morgan fingerprint density at radius 3 is 2.35 bits per heavy atom. The average Bonchev–Trinajstić information content (AvgIpc) is 2.99. The Kier molecular flexibility index (Phi) is 7.16. The Hall–Kier alpha value is -1.85. The maximum absolute atomic E-state index is 13.4. The van der Waals surface area contributed by atoms with Crippen LogP contribution < -0.4 is 10.6 Å². The highest BCUT2D eigenvalue weighted by Crippen LogP contribution is 2.71. The Bertz CT molecular complexity index is 1160. The molecule has 5 rings (SSSR count). The summed E-state index contributed by atoms with van der Waals surface area (Å²) in [5, 5.41) is 6.11. The second kappa shape index (κ2) is 9.41. The van der Waals surface area contributed by atoms with Crippen LogP contribution in [-0.4, -0.2) is 60.1 Å². The predicted octanol–water partition coefficient (Wildman–Crippen LogP) is 4.27. The summed E-state index contributed by atoms with van der Waals surface area (Å²) in [6.45, 7) is 7.04. The Labute approximate surface area is 221 Å². The molecule has 3 fully saturated rings. The summed E-state index contributed by atoms with van der Waals surface area (Å²) in [6, 6.07) is 6.35. The molecule has 1 amide bonds. The van der Waals surface area contributed by atoms with Gasteiger partial charge < -0.3 is 10.6 Å². The third-order valence-electron chi connectivity index (χ3n) is 7.51. The van der Waals surface area contributed by atoms with Crippen molar-refractivity contribution >= 4 is 33.4 Å². The molecule has 2 N–H and O–H groups in total. The molecule has 1 heterocycles. The Morgan fingerprint density at radius 2 is 1.81 bits per heavy atom. The molecule has 3 aliphatic carbocycles. The standard InChI is InChI=1S/C25H34ClF3N4O3S/c1-16(2)12-37(35,36)33(11-17-5-7-18(26)8-6-17)24-13-23(14-24,15-24)21-31-19(22(3,4)32-21)20(34)30-10-9-25(27,28)29/h5-8,16,19H,9-15H2,1-4H3,(H,30,34)(H,31,32)/t19-,23?,24?/m0/s1. The highest BCUT2D eigenvalue weighted by atomic mass is 35.5. The maximum atomic E-state index is 13.4. The SMILES string of the molecule is CC(C)CS(=O)(=O)N(Cc1ccc(Cl)cc1)C12CC(C3=NC(C)(C)[C@H](C(=O)NCCC(F)(F)F)N3)(C1)C2. The molecule has 1 aliphatic heterocycles. The number of nitrogens with one attached hydrogen (secondary N) is 2. The summed E-state index contributed by atoms with van der Waals surface area (Å²) in [7, 11) is -3.55. The predicted molar refractivity (Wildman–Crippen MR) is 137 cm³/mol. The highest BCUT2D eigenvalue weighted by molar-refractivity contribution is 7.89. The number of carbonyl (C=O) groups is 1. The minimum absolute atomic E-state index is 0.0303. The number of amidine groups is 1. The number of rotatable bonds is 10. The fourth-order valence-electron chi connectivity index (χ4n) is 5.86. The summed E-state index contributed by atoms with van der Waals surface area (Å²) in [4.78, 5) is 17.4. The highest BCUT2D eigenvalue weighted by Gasteiger charge is 2.75. The number of halogens is 4. The summed E-state index contributed by atoms with van der Waals surface area (Å²) < 4.78 is 66.0. The largest absolute Gasteiger partial charge is 0.390 e. The molecule has 3 saturated carbocycles. The third kappa shape index (κ3) is 5.63. The van der Waals surface area contributed by atoms with Crippen LogP contribution in [-0.2, 0) is 21.4 Å². The first-order valence-electron chi connectivity index (χ1n) is 12.4. The molecule has 12 heteroatoms. The number of nitrogens with zero attached hydrogens (tertiary/aromatic N) is 2. The van der Waals surface area contributed by atoms with E-state index < -0.39 is 52.2 Å². The molecule has 0 spiro atoms. The van der Waals surface area contributed by atoms with E-state index in [1.807, 2.05) is 26.0 Å². The van der Waals surface area contributed by atoms with Gasteiger partial charge in [-0.2, -0.15) is 17.5 Å². The molecule has 37 heavy (non-hydrogen) atoms. The fraction of sp³-hybridized carbons (Fsp3) is 0.680. The summed E-state index contributed by atoms with van der Waals surface area (Å²) >= 11 is 6.01. The molecule has 7 nitrogen and oxygen atoms in total. The molecule has 1 aromatic carbocycles. The van der Waals surface area contributed by atoms with Gasteiger partial charge in [0.05, 0.1) is 17.7 Å². The van der Waals surface area contributed by atoms with E-state index in [0.29, 0.717) is 30.1 Å². The minimum Gasteiger partial charge on any atom is -0.360 e. The summed E-state index contributed by atoms with van der Waals surface area (Å²) in [6.07, 6.45) is -3.71. The van der Waals surface area contributed by atoms with Crippen LogP contribution >= 0.6 is 11.6 Å². The molecule has 1 aromatic rings. The molecule has 0 aromatic heterocycles. The number of alkyl halides is 3. The molecular weight excluding hydrogens is 529 g/mol. The maximum Gasteiger partial charge on any atom is 0.390 e. The molecule has 2 bridgehead atoms. The Morgan fingerprint density at radius 1 is 1.22 bits per heavy atom. The zero-order chi connectivity index (χ0) is 27.4. The van der Waals surface area contributed by atoms with Crippen molar-refractivity contribution < 1.29 is 26.4 Å². The van der Waals surface area contributed by atoms with Gasteiger partial charge >= 0.3 is 6.18 Å². The molecule has 0 unspecified atom stereocenters. The number of aliphatic imine (C=N–C) groups is 1. The molecule has 0 radical (unpaired) electrons. The van der Waals surface area contributed by atoms with Crippen LogP contribution in [0.1, 0.15) is 58.9 Å². The number of amides is 1. The van der Waals surface area contributed by atoms with Crippen LogP contribution in [0.15, 0.2) is 29.3 Å². The first kappa shape index (κ1) is 28.2. The van der Waals surface area contributed by atoms with Gasteiger partial charge in [-0.3, -0.25) is 9.79 Å². The lowest BCUT2D eigenvalue weighted by Gasteiger charge is -2.73. The van der Waals surface area contributed by atoms with Gasteiger partial charge in [0.2, 0.25) is 15.9 Å². The van der Waals surface area contributed by atoms with Crippen molar-refractivity contribution in [3.8, 4) is 0 Å². The van der Waals surface area contributed by atoms with Crippen molar-refractivity contribution in [2.45, 2.75) is 83.2 Å². The lowest BCUT2D eigenvalue weighted by Crippen LogP contribution is -2.78. The lowest BCUT2D eigenvalue weighted by atomic mass is 9.38. The third-order valence-corrected chi connectivity index (χ3v) is 10.0. The van der Waals surface area contributed by atoms with Gasteiger partial charge in [-0.1, -0.05) is 37.6 Å². The first-order chi connectivity index (χ1) is 17.0. The average molecular weight is 563 g/mol. The minimum atomic E-state index is -4.35. The summed E-state index contributed by atoms with van der Waals surface area (Å²) in [5.74, 6) is 0.125. The molecule has 0 saturated heterocycles. The van der Waals surface area contributed by atoms with Crippen LogP contribution in [0.2, 0.25) is 5.02 Å². The van der Waals surface area contributed by atoms with E-state index in [1.165, 1.54) is 0 Å². The zero-order valence-corrected chi connectivity index (χ0v) is 23.0. The van der Waals surface area contributed by atoms with Gasteiger partial charge in [0.1, 0.15) is 11.9 Å². The van der Waals surface area contributed by atoms with Gasteiger partial charge in [0.15, 0.2) is 0 Å². The first-order valence-corrected chi connectivity index (χ1v) is 14.4. The number of carbonyl (C=O) groups excluding carboxylic acids is 1. The van der Waals surface area contributed by atoms with Crippen molar-refractivity contribution in [2.24, 2.45) is 16.3 Å².